The summed E-state index contributed by atoms with van der Waals surface area (Å²) in [5, 5.41) is 0. The van der Waals surface area contributed by atoms with Crippen molar-refractivity contribution in [2.75, 3.05) is 13.0 Å². The van der Waals surface area contributed by atoms with E-state index in [2.05, 4.69) is 15.3 Å². The number of hydrogen-bond acceptors (Lipinski definition) is 1. The smallest absolute Gasteiger partial charge is 0.122 e. The Morgan fingerprint density at radius 2 is 1.93 bits per heavy atom. The van der Waals surface area contributed by atoms with Gasteiger partial charge in [0.15, 0.2) is 0 Å². The lowest BCUT2D eigenvalue weighted by atomic mass is 10.2. The van der Waals surface area contributed by atoms with Gasteiger partial charge in [0.1, 0.15) is 5.75 Å². The van der Waals surface area contributed by atoms with E-state index in [0.29, 0.717) is 0 Å². The number of rotatable bonds is 3. The summed E-state index contributed by atoms with van der Waals surface area (Å²) in [4.78, 5) is 0. The predicted octanol–water partition coefficient (Wildman–Crippen LogP) is 3.71. The van der Waals surface area contributed by atoms with Crippen LogP contribution in [-0.2, 0) is 6.16 Å². The lowest BCUT2D eigenvalue weighted by Crippen LogP contribution is -1.87. The molecule has 0 N–H and O–H groups in total. The number of ether oxygens (including phenoxy) is 1. The van der Waals surface area contributed by atoms with E-state index in [1.165, 1.54) is 5.56 Å². The van der Waals surface area contributed by atoms with Crippen LogP contribution >= 0.6 is 20.8 Å². The summed E-state index contributed by atoms with van der Waals surface area (Å²) in [5.41, 5.74) is 1.23. The van der Waals surface area contributed by atoms with Crippen molar-refractivity contribution in [3.8, 4) is 5.75 Å². The van der Waals surface area contributed by atoms with Crippen molar-refractivity contribution in [2.45, 2.75) is 19.5 Å². The third kappa shape index (κ3) is 5.47. The molecular formula is C11H18ClOP. The summed E-state index contributed by atoms with van der Waals surface area (Å²) in [6.07, 6.45) is 2.03. The highest BCUT2D eigenvalue weighted by Crippen LogP contribution is 2.19. The van der Waals surface area contributed by atoms with Crippen molar-refractivity contribution in [3.63, 3.8) is 0 Å². The molecule has 1 unspecified atom stereocenters. The van der Waals surface area contributed by atoms with E-state index in [-0.39, 0.29) is 0 Å². The first-order valence-corrected chi connectivity index (χ1v) is 6.03. The molecule has 0 amide bonds. The van der Waals surface area contributed by atoms with Crippen molar-refractivity contribution in [3.05, 3.63) is 29.8 Å². The molecule has 14 heavy (non-hydrogen) atoms. The second-order valence-corrected chi connectivity index (χ2v) is 3.49. The summed E-state index contributed by atoms with van der Waals surface area (Å²) in [6, 6.07) is 8.02. The second-order valence-electron chi connectivity index (χ2n) is 2.70. The van der Waals surface area contributed by atoms with Gasteiger partial charge in [-0.25, -0.2) is 0 Å². The van der Waals surface area contributed by atoms with Crippen LogP contribution in [0.15, 0.2) is 24.3 Å². The Morgan fingerprint density at radius 3 is 2.29 bits per heavy atom. The maximum atomic E-state index is 5.19. The molecule has 80 valence electrons. The number of alkyl halides is 1. The minimum absolute atomic E-state index is 0.792. The molecule has 0 bridgehead atoms. The fourth-order valence-corrected chi connectivity index (χ4v) is 1.21. The summed E-state index contributed by atoms with van der Waals surface area (Å²) < 4.78 is 5.12. The fraction of sp³-hybridized carbons (Fsp3) is 0.455. The van der Waals surface area contributed by atoms with Gasteiger partial charge in [-0.2, -0.15) is 0 Å². The lowest BCUT2D eigenvalue weighted by Gasteiger charge is -2.03. The van der Waals surface area contributed by atoms with Crippen LogP contribution < -0.4 is 4.74 Å². The van der Waals surface area contributed by atoms with Crippen LogP contribution in [-0.4, -0.2) is 13.0 Å². The Labute approximate surface area is 94.0 Å². The average molecular weight is 233 g/mol. The first-order valence-electron chi connectivity index (χ1n) is 4.68. The van der Waals surface area contributed by atoms with Gasteiger partial charge in [-0.1, -0.05) is 25.1 Å². The van der Waals surface area contributed by atoms with Crippen LogP contribution in [0.25, 0.3) is 0 Å². The van der Waals surface area contributed by atoms with E-state index in [1.807, 2.05) is 25.1 Å². The molecule has 0 aromatic heterocycles. The maximum absolute atomic E-state index is 5.19. The van der Waals surface area contributed by atoms with Crippen molar-refractivity contribution in [1.82, 2.24) is 0 Å². The molecule has 0 heterocycles. The zero-order valence-electron chi connectivity index (χ0n) is 8.79. The van der Waals surface area contributed by atoms with Crippen molar-refractivity contribution >= 4 is 20.8 Å². The Morgan fingerprint density at radius 1 is 1.36 bits per heavy atom. The van der Waals surface area contributed by atoms with Gasteiger partial charge >= 0.3 is 0 Å². The maximum Gasteiger partial charge on any atom is 0.122 e. The van der Waals surface area contributed by atoms with Gasteiger partial charge in [0.05, 0.1) is 7.11 Å². The zero-order valence-corrected chi connectivity index (χ0v) is 10.7. The SMILES string of the molecule is CCCCl.COc1ccccc1CP. The molecule has 1 aromatic carbocycles. The molecule has 0 aliphatic heterocycles. The van der Waals surface area contributed by atoms with E-state index in [4.69, 9.17) is 16.3 Å². The first kappa shape index (κ1) is 13.7. The van der Waals surface area contributed by atoms with Crippen LogP contribution in [0.1, 0.15) is 18.9 Å². The quantitative estimate of drug-likeness (QED) is 0.570. The van der Waals surface area contributed by atoms with Crippen molar-refractivity contribution in [1.29, 1.82) is 0 Å². The van der Waals surface area contributed by atoms with Gasteiger partial charge in [-0.3, -0.25) is 0 Å². The normalized spacial score (nSPS) is 8.86. The van der Waals surface area contributed by atoms with Gasteiger partial charge in [-0.15, -0.1) is 20.8 Å². The monoisotopic (exact) mass is 232 g/mol. The molecule has 0 aliphatic carbocycles. The van der Waals surface area contributed by atoms with E-state index in [1.54, 1.807) is 7.11 Å². The van der Waals surface area contributed by atoms with Crippen molar-refractivity contribution in [2.24, 2.45) is 0 Å². The first-order chi connectivity index (χ1) is 6.79. The summed E-state index contributed by atoms with van der Waals surface area (Å²) in [5.74, 6) is 1.76. The van der Waals surface area contributed by atoms with Gasteiger partial charge < -0.3 is 4.74 Å². The molecule has 0 fully saturated rings. The number of methoxy groups -OCH3 is 1. The zero-order chi connectivity index (χ0) is 10.8. The van der Waals surface area contributed by atoms with Gasteiger partial charge in [0.2, 0.25) is 0 Å². The van der Waals surface area contributed by atoms with E-state index < -0.39 is 0 Å². The number of halogens is 1. The highest BCUT2D eigenvalue weighted by atomic mass is 35.5. The van der Waals surface area contributed by atoms with Crippen molar-refractivity contribution < 1.29 is 4.74 Å². The Balaban J connectivity index is 0.000000364. The molecular weight excluding hydrogens is 215 g/mol. The standard InChI is InChI=1S/C8H11OP.C3H7Cl/c1-9-8-5-3-2-4-7(8)6-10;1-2-3-4/h2-5H,6,10H2,1H3;2-3H2,1H3. The third-order valence-corrected chi connectivity index (χ3v) is 2.42. The third-order valence-electron chi connectivity index (χ3n) is 1.60. The second kappa shape index (κ2) is 9.30. The highest BCUT2D eigenvalue weighted by molar-refractivity contribution is 7.15. The largest absolute Gasteiger partial charge is 0.496 e. The van der Waals surface area contributed by atoms with Gasteiger partial charge in [0.25, 0.3) is 0 Å². The molecule has 3 heteroatoms. The number of hydrogen-bond donors (Lipinski definition) is 0. The van der Waals surface area contributed by atoms with Crippen LogP contribution in [0.5, 0.6) is 5.75 Å². The minimum atomic E-state index is 0.792. The molecule has 1 aromatic rings. The highest BCUT2D eigenvalue weighted by Gasteiger charge is 1.95. The Kier molecular flexibility index (Phi) is 9.13. The molecule has 1 nitrogen and oxygen atoms in total. The van der Waals surface area contributed by atoms with E-state index in [9.17, 15) is 0 Å². The minimum Gasteiger partial charge on any atom is -0.496 e. The van der Waals surface area contributed by atoms with E-state index >= 15 is 0 Å². The molecule has 1 atom stereocenters. The number of para-hydroxylation sites is 1. The summed E-state index contributed by atoms with van der Waals surface area (Å²) in [7, 11) is 4.37. The summed E-state index contributed by atoms with van der Waals surface area (Å²) >= 11 is 5.19. The molecule has 0 spiro atoms. The van der Waals surface area contributed by atoms with Crippen LogP contribution in [0.4, 0.5) is 0 Å². The molecule has 0 saturated carbocycles. The molecule has 0 saturated heterocycles. The number of benzene rings is 1. The molecule has 0 aliphatic rings. The van der Waals surface area contributed by atoms with Gasteiger partial charge in [0, 0.05) is 5.88 Å². The topological polar surface area (TPSA) is 9.23 Å². The van der Waals surface area contributed by atoms with E-state index in [0.717, 1.165) is 24.2 Å². The summed E-state index contributed by atoms with van der Waals surface area (Å²) in [6.45, 7) is 2.05. The fourth-order valence-electron chi connectivity index (χ4n) is 0.872. The van der Waals surface area contributed by atoms with Crippen LogP contribution in [0, 0.1) is 0 Å². The average Bonchev–Trinajstić information content (AvgIpc) is 2.29. The molecule has 0 radical (unpaired) electrons. The van der Waals surface area contributed by atoms with Crippen LogP contribution in [0.2, 0.25) is 0 Å². The predicted molar refractivity (Wildman–Crippen MR) is 67.4 cm³/mol. The Hall–Kier alpha value is -0.260. The van der Waals surface area contributed by atoms with Gasteiger partial charge in [-0.05, 0) is 24.2 Å². The Bertz CT molecular complexity index is 215. The van der Waals surface area contributed by atoms with Crippen LogP contribution in [0.3, 0.4) is 0 Å². The lowest BCUT2D eigenvalue weighted by molar-refractivity contribution is 0.411. The molecule has 1 rings (SSSR count).